The molecule has 6 atom stereocenters. The van der Waals surface area contributed by atoms with E-state index in [-0.39, 0.29) is 31.0 Å². The van der Waals surface area contributed by atoms with Crippen LogP contribution in [-0.4, -0.2) is 89.0 Å². The molecule has 0 radical (unpaired) electrons. The van der Waals surface area contributed by atoms with Gasteiger partial charge in [-0.3, -0.25) is 14.4 Å². The van der Waals surface area contributed by atoms with E-state index in [1.165, 1.54) is 11.8 Å². The Kier molecular flexibility index (Phi) is 7.22. The Hall–Kier alpha value is -3.18. The van der Waals surface area contributed by atoms with Crippen molar-refractivity contribution in [2.45, 2.75) is 68.3 Å². The molecule has 1 aromatic carbocycles. The van der Waals surface area contributed by atoms with E-state index < -0.39 is 39.4 Å². The Labute approximate surface area is 243 Å². The van der Waals surface area contributed by atoms with Crippen molar-refractivity contribution in [2.75, 3.05) is 19.8 Å². The maximum Gasteiger partial charge on any atom is 0.311 e. The number of hydrogen-bond acceptors (Lipinski definition) is 8. The van der Waals surface area contributed by atoms with Gasteiger partial charge < -0.3 is 19.6 Å². The fourth-order valence-electron chi connectivity index (χ4n) is 7.14. The summed E-state index contributed by atoms with van der Waals surface area (Å²) in [6, 6.07) is 6.11. The zero-order valence-corrected chi connectivity index (χ0v) is 24.5. The third kappa shape index (κ3) is 4.48. The first-order chi connectivity index (χ1) is 19.7. The summed E-state index contributed by atoms with van der Waals surface area (Å²) in [6.45, 7) is 6.53. The number of carbonyl (C=O) groups excluding carboxylic acids is 3. The minimum absolute atomic E-state index is 0.157. The lowest BCUT2D eigenvalue weighted by Gasteiger charge is -2.40. The monoisotopic (exact) mass is 579 g/mol. The fourth-order valence-corrected chi connectivity index (χ4v) is 9.28. The Morgan fingerprint density at radius 2 is 1.93 bits per heavy atom. The molecule has 1 N–H and O–H groups in total. The van der Waals surface area contributed by atoms with E-state index in [1.807, 2.05) is 63.3 Å². The molecule has 4 aliphatic heterocycles. The van der Waals surface area contributed by atoms with Crippen LogP contribution in [0, 0.1) is 17.8 Å². The fraction of sp³-hybridized carbons (Fsp3) is 0.567. The van der Waals surface area contributed by atoms with Gasteiger partial charge in [0, 0.05) is 11.3 Å². The summed E-state index contributed by atoms with van der Waals surface area (Å²) in [5.41, 5.74) is 1.53. The number of cyclic esters (lactones) is 1. The number of aliphatic hydroxyl groups is 1. The lowest BCUT2D eigenvalue weighted by atomic mass is 9.74. The molecule has 10 nitrogen and oxygen atoms in total. The average molecular weight is 580 g/mol. The van der Waals surface area contributed by atoms with Crippen molar-refractivity contribution in [3.05, 3.63) is 48.6 Å². The van der Waals surface area contributed by atoms with E-state index in [9.17, 15) is 19.5 Å². The first kappa shape index (κ1) is 28.0. The number of hydrogen-bond donors (Lipinski definition) is 1. The minimum Gasteiger partial charge on any atom is -0.465 e. The van der Waals surface area contributed by atoms with Crippen LogP contribution in [0.15, 0.2) is 48.6 Å². The third-order valence-electron chi connectivity index (χ3n) is 8.84. The quantitative estimate of drug-likeness (QED) is 0.410. The highest BCUT2D eigenvalue weighted by molar-refractivity contribution is 8.02. The van der Waals surface area contributed by atoms with Crippen LogP contribution in [0.2, 0.25) is 0 Å². The number of carbonyl (C=O) groups is 3. The Balaban J connectivity index is 1.46. The zero-order valence-electron chi connectivity index (χ0n) is 23.7. The van der Waals surface area contributed by atoms with Crippen LogP contribution >= 0.6 is 11.8 Å². The van der Waals surface area contributed by atoms with Gasteiger partial charge in [0.2, 0.25) is 11.8 Å². The topological polar surface area (TPSA) is 118 Å². The normalized spacial score (nSPS) is 33.1. The van der Waals surface area contributed by atoms with Crippen molar-refractivity contribution >= 4 is 40.6 Å². The summed E-state index contributed by atoms with van der Waals surface area (Å²) < 4.78 is 5.66. The lowest BCUT2D eigenvalue weighted by molar-refractivity contribution is -0.154. The number of allylic oxidation sites excluding steroid dienone is 1. The number of ether oxygens (including phenoxy) is 1. The number of nitrogens with zero attached hydrogens (tertiary/aromatic N) is 5. The molecule has 2 fully saturated rings. The molecule has 0 saturated carbocycles. The maximum absolute atomic E-state index is 14.7. The molecule has 5 heterocycles. The molecule has 0 bridgehead atoms. The summed E-state index contributed by atoms with van der Waals surface area (Å²) in [4.78, 5) is 46.1. The van der Waals surface area contributed by atoms with Crippen LogP contribution in [-0.2, 0) is 25.8 Å². The Morgan fingerprint density at radius 3 is 2.71 bits per heavy atom. The zero-order chi connectivity index (χ0) is 28.9. The Morgan fingerprint density at radius 1 is 1.12 bits per heavy atom. The molecule has 1 spiro atoms. The largest absolute Gasteiger partial charge is 0.465 e. The van der Waals surface area contributed by atoms with Gasteiger partial charge in [-0.1, -0.05) is 55.5 Å². The van der Waals surface area contributed by atoms with Gasteiger partial charge in [-0.05, 0) is 44.2 Å². The molecule has 11 heteroatoms. The van der Waals surface area contributed by atoms with Crippen LogP contribution in [0.1, 0.15) is 40.0 Å². The van der Waals surface area contributed by atoms with Gasteiger partial charge in [-0.15, -0.1) is 16.9 Å². The first-order valence-electron chi connectivity index (χ1n) is 14.4. The van der Waals surface area contributed by atoms with E-state index in [4.69, 9.17) is 4.74 Å². The number of thioether (sulfide) groups is 1. The van der Waals surface area contributed by atoms with Crippen LogP contribution < -0.4 is 0 Å². The number of amides is 2. The molecule has 0 aliphatic carbocycles. The van der Waals surface area contributed by atoms with E-state index in [2.05, 4.69) is 16.4 Å². The minimum atomic E-state index is -1.00. The smallest absolute Gasteiger partial charge is 0.311 e. The molecule has 2 aromatic rings. The Bertz CT molecular complexity index is 1420. The molecule has 1 aromatic heterocycles. The summed E-state index contributed by atoms with van der Waals surface area (Å²) in [5.74, 6) is -2.28. The van der Waals surface area contributed by atoms with Gasteiger partial charge >= 0.3 is 5.97 Å². The molecule has 4 aliphatic rings. The number of aromatic nitrogens is 3. The van der Waals surface area contributed by atoms with Gasteiger partial charge in [0.1, 0.15) is 18.2 Å². The lowest BCUT2D eigenvalue weighted by Crippen LogP contribution is -2.57. The summed E-state index contributed by atoms with van der Waals surface area (Å²) in [7, 11) is 0. The molecular weight excluding hydrogens is 542 g/mol. The molecule has 2 amide bonds. The SMILES string of the molecule is CC(C)C[C@H](CO)N1C(=O)[C@@H]2[C@@H]3C(=O)OCCC/C=C\[C@]3(C)S[C@@]23C=CCN(Cn2nnc4ccccc42)C(=O)C13. The summed E-state index contributed by atoms with van der Waals surface area (Å²) >= 11 is 1.52. The van der Waals surface area contributed by atoms with E-state index in [0.717, 1.165) is 23.9 Å². The summed E-state index contributed by atoms with van der Waals surface area (Å²) in [5, 5.41) is 19.1. The molecule has 2 saturated heterocycles. The van der Waals surface area contributed by atoms with Crippen LogP contribution in [0.3, 0.4) is 0 Å². The van der Waals surface area contributed by atoms with Gasteiger partial charge in [0.15, 0.2) is 0 Å². The highest BCUT2D eigenvalue weighted by Gasteiger charge is 2.74. The van der Waals surface area contributed by atoms with E-state index >= 15 is 0 Å². The highest BCUT2D eigenvalue weighted by atomic mass is 32.2. The molecular formula is C30H37N5O5S. The molecule has 218 valence electrons. The van der Waals surface area contributed by atoms with Crippen molar-refractivity contribution in [2.24, 2.45) is 17.8 Å². The number of likely N-dealkylation sites (tertiary alicyclic amines) is 1. The number of esters is 1. The predicted octanol–water partition coefficient (Wildman–Crippen LogP) is 2.77. The summed E-state index contributed by atoms with van der Waals surface area (Å²) in [6.07, 6.45) is 10.0. The number of benzene rings is 1. The van der Waals surface area contributed by atoms with Crippen molar-refractivity contribution in [3.8, 4) is 0 Å². The molecule has 6 rings (SSSR count). The maximum atomic E-state index is 14.7. The van der Waals surface area contributed by atoms with Crippen LogP contribution in [0.25, 0.3) is 11.0 Å². The second kappa shape index (κ2) is 10.6. The van der Waals surface area contributed by atoms with Crippen molar-refractivity contribution in [1.29, 1.82) is 0 Å². The van der Waals surface area contributed by atoms with Crippen molar-refractivity contribution < 1.29 is 24.2 Å². The van der Waals surface area contributed by atoms with Gasteiger partial charge in [0.05, 0.1) is 41.4 Å². The van der Waals surface area contributed by atoms with Crippen molar-refractivity contribution in [3.63, 3.8) is 0 Å². The second-order valence-electron chi connectivity index (χ2n) is 12.1. The number of fused-ring (bicyclic) bond motifs is 3. The van der Waals surface area contributed by atoms with Crippen molar-refractivity contribution in [1.82, 2.24) is 24.8 Å². The van der Waals surface area contributed by atoms with E-state index in [1.54, 1.807) is 14.5 Å². The first-order valence-corrected chi connectivity index (χ1v) is 15.2. The number of para-hydroxylation sites is 1. The average Bonchev–Trinajstić information content (AvgIpc) is 3.51. The van der Waals surface area contributed by atoms with Crippen LogP contribution in [0.4, 0.5) is 0 Å². The third-order valence-corrected chi connectivity index (χ3v) is 10.6. The van der Waals surface area contributed by atoms with Gasteiger partial charge in [-0.2, -0.15) is 0 Å². The number of aliphatic hydroxyl groups excluding tert-OH is 1. The highest BCUT2D eigenvalue weighted by Crippen LogP contribution is 2.65. The van der Waals surface area contributed by atoms with Gasteiger partial charge in [-0.25, -0.2) is 4.68 Å². The van der Waals surface area contributed by atoms with Crippen LogP contribution in [0.5, 0.6) is 0 Å². The molecule has 41 heavy (non-hydrogen) atoms. The number of rotatable bonds is 6. The van der Waals surface area contributed by atoms with Gasteiger partial charge in [0.25, 0.3) is 0 Å². The predicted molar refractivity (Wildman–Crippen MR) is 154 cm³/mol. The molecule has 1 unspecified atom stereocenters. The van der Waals surface area contributed by atoms with E-state index in [0.29, 0.717) is 19.6 Å². The standard InChI is InChI=1S/C30H37N5O5S/c1-19(2)16-20(17-36)35-25-27(38)33(18-34-22-11-6-5-10-21(22)31-32-34)14-9-13-30(25)23(26(35)37)24-28(39)40-15-8-4-7-12-29(24,3)41-30/h5-7,9-13,19-20,23-25,36H,4,8,14-18H2,1-3H3/b12-7-/t20-,23+,24-,25?,29+,30+/m1/s1. The second-order valence-corrected chi connectivity index (χ2v) is 13.9.